The van der Waals surface area contributed by atoms with Gasteiger partial charge in [-0.25, -0.2) is 4.79 Å². The van der Waals surface area contributed by atoms with Crippen LogP contribution in [-0.2, 0) is 30.9 Å². The fourth-order valence-electron chi connectivity index (χ4n) is 6.58. The Bertz CT molecular complexity index is 1020. The molecule has 1 aromatic carbocycles. The summed E-state index contributed by atoms with van der Waals surface area (Å²) in [6, 6.07) is 6.09. The van der Waals surface area contributed by atoms with Crippen LogP contribution in [0.3, 0.4) is 0 Å². The van der Waals surface area contributed by atoms with Crippen molar-refractivity contribution >= 4 is 24.3 Å². The van der Waals surface area contributed by atoms with Gasteiger partial charge in [0.05, 0.1) is 17.3 Å². The van der Waals surface area contributed by atoms with Gasteiger partial charge in [-0.15, -0.1) is 0 Å². The summed E-state index contributed by atoms with van der Waals surface area (Å²) in [6.45, 7) is 8.72. The Labute approximate surface area is 203 Å². The van der Waals surface area contributed by atoms with E-state index in [-0.39, 0.29) is 30.4 Å². The number of fused-ring (bicyclic) bond motifs is 3. The maximum Gasteiger partial charge on any atom is 0.329 e. The zero-order chi connectivity index (χ0) is 24.5. The summed E-state index contributed by atoms with van der Waals surface area (Å²) < 4.78 is 18.4. The van der Waals surface area contributed by atoms with E-state index < -0.39 is 16.7 Å². The molecule has 0 aromatic heterocycles. The molecule has 4 aliphatic rings. The Morgan fingerprint density at radius 2 is 1.82 bits per heavy atom. The van der Waals surface area contributed by atoms with Gasteiger partial charge in [0.1, 0.15) is 0 Å². The van der Waals surface area contributed by atoms with Gasteiger partial charge in [0.15, 0.2) is 5.54 Å². The van der Waals surface area contributed by atoms with Crippen molar-refractivity contribution in [3.8, 4) is 0 Å². The largest absolute Gasteiger partial charge is 0.423 e. The highest BCUT2D eigenvalue weighted by atomic mass is 16.5. The quantitative estimate of drug-likeness (QED) is 0.534. The number of nitrogens with one attached hydrogen (secondary N) is 1. The molecule has 5 rings (SSSR count). The molecule has 1 aromatic rings. The van der Waals surface area contributed by atoms with E-state index in [1.165, 1.54) is 4.90 Å². The molecular weight excluding hydrogens is 431 g/mol. The molecule has 2 spiro atoms. The van der Waals surface area contributed by atoms with Crippen LogP contribution in [0.2, 0.25) is 6.32 Å². The van der Waals surface area contributed by atoms with E-state index in [0.717, 1.165) is 55.0 Å². The summed E-state index contributed by atoms with van der Waals surface area (Å²) in [5.41, 5.74) is 0.854. The van der Waals surface area contributed by atoms with E-state index in [2.05, 4.69) is 51.2 Å². The highest BCUT2D eigenvalue weighted by molar-refractivity contribution is 6.67. The second-order valence-corrected chi connectivity index (χ2v) is 11.6. The van der Waals surface area contributed by atoms with Crippen LogP contribution in [0.4, 0.5) is 4.79 Å². The van der Waals surface area contributed by atoms with E-state index in [1.54, 1.807) is 14.2 Å². The monoisotopic (exact) mass is 468 g/mol. The average molecular weight is 468 g/mol. The van der Waals surface area contributed by atoms with Gasteiger partial charge < -0.3 is 19.4 Å². The minimum Gasteiger partial charge on any atom is -0.423 e. The fourth-order valence-corrected chi connectivity index (χ4v) is 6.58. The first-order chi connectivity index (χ1) is 16.0. The number of hydrogen-bond acceptors (Lipinski definition) is 5. The Hall–Kier alpha value is -1.90. The molecule has 2 heterocycles. The van der Waals surface area contributed by atoms with Crippen molar-refractivity contribution in [1.82, 2.24) is 10.2 Å². The van der Waals surface area contributed by atoms with E-state index >= 15 is 0 Å². The lowest BCUT2D eigenvalue weighted by Gasteiger charge is -2.46. The number of hydrogen-bond donors (Lipinski definition) is 1. The van der Waals surface area contributed by atoms with E-state index in [1.807, 2.05) is 0 Å². The minimum absolute atomic E-state index is 0.143. The van der Waals surface area contributed by atoms with Crippen LogP contribution in [0.25, 0.3) is 0 Å². The zero-order valence-electron chi connectivity index (χ0n) is 21.3. The average Bonchev–Trinajstić information content (AvgIpc) is 3.14. The highest BCUT2D eigenvalue weighted by Crippen LogP contribution is 2.59. The van der Waals surface area contributed by atoms with Gasteiger partial charge in [0.25, 0.3) is 5.91 Å². The van der Waals surface area contributed by atoms with Crippen LogP contribution in [0.5, 0.6) is 0 Å². The molecule has 184 valence electrons. The molecule has 2 saturated heterocycles. The summed E-state index contributed by atoms with van der Waals surface area (Å²) in [7, 11) is 3.34. The molecule has 1 atom stereocenters. The lowest BCUT2D eigenvalue weighted by atomic mass is 9.56. The van der Waals surface area contributed by atoms with Crippen molar-refractivity contribution in [2.24, 2.45) is 5.41 Å². The first kappa shape index (κ1) is 23.8. The normalized spacial score (nSPS) is 34.5. The molecule has 1 unspecified atom stereocenters. The number of imide groups is 1. The van der Waals surface area contributed by atoms with Crippen LogP contribution in [0.1, 0.15) is 64.5 Å². The first-order valence-electron chi connectivity index (χ1n) is 12.5. The Balaban J connectivity index is 1.57. The van der Waals surface area contributed by atoms with Crippen LogP contribution in [0.15, 0.2) is 18.2 Å². The molecule has 0 bridgehead atoms. The lowest BCUT2D eigenvalue weighted by molar-refractivity contribution is -0.137. The number of carbonyl (C=O) groups excluding carboxylic acids is 2. The van der Waals surface area contributed by atoms with Crippen molar-refractivity contribution in [2.45, 2.75) is 89.0 Å². The highest BCUT2D eigenvalue weighted by Gasteiger charge is 2.67. The van der Waals surface area contributed by atoms with Gasteiger partial charge in [-0.05, 0) is 82.7 Å². The predicted octanol–water partition coefficient (Wildman–Crippen LogP) is 3.00. The number of rotatable bonds is 2. The second-order valence-electron chi connectivity index (χ2n) is 11.6. The Kier molecular flexibility index (Phi) is 5.47. The van der Waals surface area contributed by atoms with Crippen LogP contribution >= 0.6 is 0 Å². The summed E-state index contributed by atoms with van der Waals surface area (Å²) in [4.78, 5) is 27.9. The summed E-state index contributed by atoms with van der Waals surface area (Å²) in [5, 5.41) is 3.18. The van der Waals surface area contributed by atoms with E-state index in [9.17, 15) is 9.59 Å². The third kappa shape index (κ3) is 3.21. The minimum atomic E-state index is -1.03. The van der Waals surface area contributed by atoms with Crippen molar-refractivity contribution < 1.29 is 23.7 Å². The van der Waals surface area contributed by atoms with E-state index in [4.69, 9.17) is 14.1 Å². The van der Waals surface area contributed by atoms with Gasteiger partial charge in [-0.2, -0.15) is 0 Å². The number of benzene rings is 1. The van der Waals surface area contributed by atoms with Gasteiger partial charge in [0, 0.05) is 26.2 Å². The van der Waals surface area contributed by atoms with Crippen molar-refractivity contribution in [3.63, 3.8) is 0 Å². The molecule has 1 N–H and O–H groups in total. The Morgan fingerprint density at radius 3 is 2.44 bits per heavy atom. The standard InChI is InChI=1S/C26H37BN2O5/c1-23(2)24(3,4)34-27(13-14-33-23)18-8-7-17-16-25(11-9-19(32-6)10-12-25)26(20(17)15-18)21(30)29(5)22(31)28-26/h7-8,15,19H,9-14,16H2,1-6H3,(H,28,31). The number of ether oxygens (including phenoxy) is 2. The van der Waals surface area contributed by atoms with Crippen molar-refractivity contribution in [3.05, 3.63) is 29.3 Å². The number of carbonyl (C=O) groups is 2. The topological polar surface area (TPSA) is 77.1 Å². The molecule has 8 heteroatoms. The lowest BCUT2D eigenvalue weighted by Crippen LogP contribution is -2.57. The molecule has 2 aliphatic carbocycles. The predicted molar refractivity (Wildman–Crippen MR) is 130 cm³/mol. The molecule has 7 nitrogen and oxygen atoms in total. The molecule has 34 heavy (non-hydrogen) atoms. The number of nitrogens with zero attached hydrogens (tertiary/aromatic N) is 1. The van der Waals surface area contributed by atoms with Crippen molar-refractivity contribution in [1.29, 1.82) is 0 Å². The van der Waals surface area contributed by atoms with Gasteiger partial charge in [0.2, 0.25) is 0 Å². The summed E-state index contributed by atoms with van der Waals surface area (Å²) in [6.07, 6.45) is 5.17. The van der Waals surface area contributed by atoms with Crippen molar-refractivity contribution in [2.75, 3.05) is 20.8 Å². The molecule has 3 fully saturated rings. The van der Waals surface area contributed by atoms with Gasteiger partial charge >= 0.3 is 12.9 Å². The zero-order valence-corrected chi connectivity index (χ0v) is 21.3. The summed E-state index contributed by atoms with van der Waals surface area (Å²) in [5.74, 6) is -0.143. The maximum atomic E-state index is 13.8. The number of amides is 3. The summed E-state index contributed by atoms with van der Waals surface area (Å²) >= 11 is 0. The van der Waals surface area contributed by atoms with Gasteiger partial charge in [-0.3, -0.25) is 9.69 Å². The maximum absolute atomic E-state index is 13.8. The number of methoxy groups -OCH3 is 1. The van der Waals surface area contributed by atoms with Crippen LogP contribution < -0.4 is 10.8 Å². The molecule has 3 amide bonds. The third-order valence-electron chi connectivity index (χ3n) is 9.41. The number of urea groups is 1. The molecule has 2 aliphatic heterocycles. The molecule has 1 saturated carbocycles. The first-order valence-corrected chi connectivity index (χ1v) is 12.5. The fraction of sp³-hybridized carbons (Fsp3) is 0.692. The SMILES string of the molecule is COC1CCC2(CC1)Cc1ccc(B3CCOC(C)(C)C(C)(C)O3)cc1C21NC(=O)N(C)C1=O. The Morgan fingerprint density at radius 1 is 1.12 bits per heavy atom. The van der Waals surface area contributed by atoms with Crippen LogP contribution in [0, 0.1) is 5.41 Å². The van der Waals surface area contributed by atoms with E-state index in [0.29, 0.717) is 6.61 Å². The van der Waals surface area contributed by atoms with Gasteiger partial charge in [-0.1, -0.05) is 18.2 Å². The molecule has 0 radical (unpaired) electrons. The second kappa shape index (κ2) is 7.80. The molecular formula is C26H37BN2O5. The van der Waals surface area contributed by atoms with Crippen LogP contribution in [-0.4, -0.2) is 61.8 Å². The number of likely N-dealkylation sites (N-methyl/N-ethyl adjacent to an activating group) is 1. The third-order valence-corrected chi connectivity index (χ3v) is 9.41. The smallest absolute Gasteiger partial charge is 0.329 e.